The third kappa shape index (κ3) is 4.26. The Hall–Kier alpha value is -2.00. The molecule has 0 aromatic heterocycles. The van der Waals surface area contributed by atoms with E-state index < -0.39 is 0 Å². The van der Waals surface area contributed by atoms with Gasteiger partial charge in [0.1, 0.15) is 11.5 Å². The summed E-state index contributed by atoms with van der Waals surface area (Å²) >= 11 is 0. The lowest BCUT2D eigenvalue weighted by Gasteiger charge is -2.20. The van der Waals surface area contributed by atoms with Crippen molar-refractivity contribution in [3.05, 3.63) is 59.2 Å². The predicted molar refractivity (Wildman–Crippen MR) is 95.6 cm³/mol. The van der Waals surface area contributed by atoms with Crippen molar-refractivity contribution in [2.45, 2.75) is 32.1 Å². The molecule has 1 unspecified atom stereocenters. The summed E-state index contributed by atoms with van der Waals surface area (Å²) in [6, 6.07) is 14.6. The first-order valence-corrected chi connectivity index (χ1v) is 8.09. The van der Waals surface area contributed by atoms with Crippen LogP contribution < -0.4 is 15.2 Å². The van der Waals surface area contributed by atoms with Gasteiger partial charge < -0.3 is 15.2 Å². The summed E-state index contributed by atoms with van der Waals surface area (Å²) in [5, 5.41) is 0. The second-order valence-electron chi connectivity index (χ2n) is 6.14. The van der Waals surface area contributed by atoms with Gasteiger partial charge in [-0.05, 0) is 53.8 Å². The predicted octanol–water partition coefficient (Wildman–Crippen LogP) is 4.11. The molecular formula is C20H27NO2. The van der Waals surface area contributed by atoms with Gasteiger partial charge in [0.15, 0.2) is 0 Å². The van der Waals surface area contributed by atoms with E-state index in [0.29, 0.717) is 12.5 Å². The van der Waals surface area contributed by atoms with Crippen molar-refractivity contribution in [2.24, 2.45) is 5.73 Å². The van der Waals surface area contributed by atoms with Gasteiger partial charge in [-0.25, -0.2) is 0 Å². The Morgan fingerprint density at radius 2 is 1.78 bits per heavy atom. The highest BCUT2D eigenvalue weighted by Gasteiger charge is 2.17. The van der Waals surface area contributed by atoms with Crippen LogP contribution in [0, 0.1) is 0 Å². The summed E-state index contributed by atoms with van der Waals surface area (Å²) in [6.45, 7) is 4.98. The van der Waals surface area contributed by atoms with Gasteiger partial charge in [0.05, 0.1) is 14.2 Å². The lowest BCUT2D eigenvalue weighted by atomic mass is 9.88. The Kier molecular flexibility index (Phi) is 6.05. The second-order valence-corrected chi connectivity index (χ2v) is 6.14. The van der Waals surface area contributed by atoms with E-state index in [0.717, 1.165) is 17.9 Å². The molecule has 0 aliphatic rings. The van der Waals surface area contributed by atoms with Crippen LogP contribution in [0.15, 0.2) is 42.5 Å². The van der Waals surface area contributed by atoms with Crippen molar-refractivity contribution >= 4 is 0 Å². The van der Waals surface area contributed by atoms with Crippen LogP contribution in [0.5, 0.6) is 11.5 Å². The van der Waals surface area contributed by atoms with Crippen LogP contribution in [0.25, 0.3) is 0 Å². The third-order valence-corrected chi connectivity index (χ3v) is 4.26. The van der Waals surface area contributed by atoms with E-state index in [9.17, 15) is 0 Å². The largest absolute Gasteiger partial charge is 0.497 e. The maximum atomic E-state index is 6.09. The Morgan fingerprint density at radius 1 is 1.00 bits per heavy atom. The van der Waals surface area contributed by atoms with Gasteiger partial charge in [-0.2, -0.15) is 0 Å². The zero-order chi connectivity index (χ0) is 16.8. The molecule has 0 aliphatic heterocycles. The Balaban J connectivity index is 2.33. The first-order valence-electron chi connectivity index (χ1n) is 8.09. The van der Waals surface area contributed by atoms with Gasteiger partial charge in [0, 0.05) is 5.92 Å². The molecule has 3 nitrogen and oxygen atoms in total. The molecule has 0 saturated carbocycles. The summed E-state index contributed by atoms with van der Waals surface area (Å²) in [4.78, 5) is 0. The summed E-state index contributed by atoms with van der Waals surface area (Å²) in [5.41, 5.74) is 9.80. The highest BCUT2D eigenvalue weighted by Crippen LogP contribution is 2.32. The Labute approximate surface area is 139 Å². The van der Waals surface area contributed by atoms with E-state index in [-0.39, 0.29) is 5.92 Å². The van der Waals surface area contributed by atoms with Crippen LogP contribution in [-0.2, 0) is 6.42 Å². The van der Waals surface area contributed by atoms with E-state index in [1.54, 1.807) is 14.2 Å². The first kappa shape index (κ1) is 17.4. The number of hydrogen-bond acceptors (Lipinski definition) is 3. The van der Waals surface area contributed by atoms with Gasteiger partial charge in [-0.3, -0.25) is 0 Å². The van der Waals surface area contributed by atoms with Crippen molar-refractivity contribution < 1.29 is 9.47 Å². The van der Waals surface area contributed by atoms with E-state index in [2.05, 4.69) is 44.2 Å². The molecule has 0 amide bonds. The number of benzene rings is 2. The first-order chi connectivity index (χ1) is 11.1. The molecule has 23 heavy (non-hydrogen) atoms. The second kappa shape index (κ2) is 8.02. The average Bonchev–Trinajstić information content (AvgIpc) is 2.59. The minimum atomic E-state index is 0.218. The zero-order valence-corrected chi connectivity index (χ0v) is 14.5. The van der Waals surface area contributed by atoms with E-state index in [4.69, 9.17) is 15.2 Å². The fourth-order valence-corrected chi connectivity index (χ4v) is 2.84. The van der Waals surface area contributed by atoms with Crippen molar-refractivity contribution in [3.63, 3.8) is 0 Å². The van der Waals surface area contributed by atoms with E-state index in [1.807, 2.05) is 12.1 Å². The highest BCUT2D eigenvalue weighted by atomic mass is 16.5. The molecule has 0 bridgehead atoms. The molecule has 124 valence electrons. The van der Waals surface area contributed by atoms with E-state index in [1.165, 1.54) is 16.7 Å². The minimum absolute atomic E-state index is 0.218. The lowest BCUT2D eigenvalue weighted by Crippen LogP contribution is -2.16. The van der Waals surface area contributed by atoms with Gasteiger partial charge in [-0.1, -0.05) is 38.1 Å². The lowest BCUT2D eigenvalue weighted by molar-refractivity contribution is 0.404. The maximum absolute atomic E-state index is 6.09. The molecule has 3 heteroatoms. The number of nitrogens with two attached hydrogens (primary N) is 1. The van der Waals surface area contributed by atoms with Crippen LogP contribution in [-0.4, -0.2) is 20.8 Å². The monoisotopic (exact) mass is 313 g/mol. The molecule has 2 N–H and O–H groups in total. The molecule has 0 radical (unpaired) electrons. The normalized spacial score (nSPS) is 12.3. The minimum Gasteiger partial charge on any atom is -0.497 e. The smallest absolute Gasteiger partial charge is 0.122 e. The van der Waals surface area contributed by atoms with Crippen LogP contribution in [0.3, 0.4) is 0 Å². The summed E-state index contributed by atoms with van der Waals surface area (Å²) in [5.74, 6) is 2.49. The van der Waals surface area contributed by atoms with Crippen molar-refractivity contribution in [1.29, 1.82) is 0 Å². The molecule has 2 rings (SSSR count). The molecule has 2 aromatic rings. The fourth-order valence-electron chi connectivity index (χ4n) is 2.84. The number of rotatable bonds is 7. The molecule has 0 fully saturated rings. The van der Waals surface area contributed by atoms with Crippen LogP contribution in [0.1, 0.15) is 42.4 Å². The number of methoxy groups -OCH3 is 2. The summed E-state index contributed by atoms with van der Waals surface area (Å²) < 4.78 is 10.9. The van der Waals surface area contributed by atoms with Crippen LogP contribution >= 0.6 is 0 Å². The molecule has 0 saturated heterocycles. The number of ether oxygens (including phenoxy) is 2. The summed E-state index contributed by atoms with van der Waals surface area (Å²) in [6.07, 6.45) is 0.867. The fraction of sp³-hybridized carbons (Fsp3) is 0.400. The topological polar surface area (TPSA) is 44.5 Å². The Morgan fingerprint density at radius 3 is 2.39 bits per heavy atom. The molecule has 0 aliphatic carbocycles. The van der Waals surface area contributed by atoms with E-state index >= 15 is 0 Å². The summed E-state index contributed by atoms with van der Waals surface area (Å²) in [7, 11) is 3.40. The highest BCUT2D eigenvalue weighted by molar-refractivity contribution is 5.42. The molecule has 2 aromatic carbocycles. The standard InChI is InChI=1S/C20H27NO2/c1-14(2)16-8-9-20(23-4)19(12-16)17(13-21)10-15-6-5-7-18(11-15)22-3/h5-9,11-12,14,17H,10,13,21H2,1-4H3. The SMILES string of the molecule is COc1cccc(CC(CN)c2cc(C(C)C)ccc2OC)c1. The third-order valence-electron chi connectivity index (χ3n) is 4.26. The molecule has 1 atom stereocenters. The van der Waals surface area contributed by atoms with Crippen LogP contribution in [0.2, 0.25) is 0 Å². The van der Waals surface area contributed by atoms with Crippen molar-refractivity contribution in [3.8, 4) is 11.5 Å². The van der Waals surface area contributed by atoms with Gasteiger partial charge in [0.2, 0.25) is 0 Å². The molecule has 0 heterocycles. The zero-order valence-electron chi connectivity index (χ0n) is 14.5. The Bertz CT molecular complexity index is 637. The average molecular weight is 313 g/mol. The van der Waals surface area contributed by atoms with Crippen LogP contribution in [0.4, 0.5) is 0 Å². The molecular weight excluding hydrogens is 286 g/mol. The van der Waals surface area contributed by atoms with Gasteiger partial charge in [-0.15, -0.1) is 0 Å². The quantitative estimate of drug-likeness (QED) is 0.836. The van der Waals surface area contributed by atoms with Gasteiger partial charge in [0.25, 0.3) is 0 Å². The maximum Gasteiger partial charge on any atom is 0.122 e. The number of hydrogen-bond donors (Lipinski definition) is 1. The van der Waals surface area contributed by atoms with Crippen molar-refractivity contribution in [1.82, 2.24) is 0 Å². The molecule has 0 spiro atoms. The van der Waals surface area contributed by atoms with Crippen molar-refractivity contribution in [2.75, 3.05) is 20.8 Å². The van der Waals surface area contributed by atoms with Gasteiger partial charge >= 0.3 is 0 Å².